The smallest absolute Gasteiger partial charge is 0.123 e. The van der Waals surface area contributed by atoms with E-state index in [-0.39, 0.29) is 23.5 Å². The van der Waals surface area contributed by atoms with Crippen LogP contribution in [-0.2, 0) is 0 Å². The van der Waals surface area contributed by atoms with E-state index in [1.807, 2.05) is 78.9 Å². The zero-order chi connectivity index (χ0) is 27.8. The number of pyridine rings is 4. The van der Waals surface area contributed by atoms with Crippen LogP contribution in [0.25, 0.3) is 0 Å². The van der Waals surface area contributed by atoms with Gasteiger partial charge in [0.1, 0.15) is 11.6 Å². The first-order valence-electron chi connectivity index (χ1n) is 13.5. The van der Waals surface area contributed by atoms with E-state index in [1.165, 1.54) is 24.3 Å². The van der Waals surface area contributed by atoms with E-state index in [1.54, 1.807) is 24.4 Å². The van der Waals surface area contributed by atoms with Gasteiger partial charge < -0.3 is 0 Å². The van der Waals surface area contributed by atoms with Gasteiger partial charge in [0.25, 0.3) is 0 Å². The Balaban J connectivity index is 1.54. The number of hydrogen-bond acceptors (Lipinski definition) is 4. The third kappa shape index (κ3) is 4.78. The zero-order valence-electron chi connectivity index (χ0n) is 21.9. The summed E-state index contributed by atoms with van der Waals surface area (Å²) in [5.74, 6) is -1.76. The average Bonchev–Trinajstić information content (AvgIpc) is 3.00. The van der Waals surface area contributed by atoms with Crippen molar-refractivity contribution in [2.45, 2.75) is 17.8 Å². The molecule has 6 bridgehead atoms. The molecule has 6 heteroatoms. The molecule has 198 valence electrons. The lowest BCUT2D eigenvalue weighted by atomic mass is 9.86. The van der Waals surface area contributed by atoms with Crippen molar-refractivity contribution in [3.05, 3.63) is 190 Å². The van der Waals surface area contributed by atoms with Gasteiger partial charge in [-0.3, -0.25) is 19.9 Å². The third-order valence-corrected chi connectivity index (χ3v) is 7.52. The molecular weight excluding hydrogens is 514 g/mol. The molecule has 0 amide bonds. The minimum Gasteiger partial charge on any atom is -0.260 e. The molecule has 1 aliphatic heterocycles. The van der Waals surface area contributed by atoms with Gasteiger partial charge in [-0.1, -0.05) is 48.5 Å². The molecule has 5 heterocycles. The molecule has 0 N–H and O–H groups in total. The number of benzene rings is 2. The fourth-order valence-corrected chi connectivity index (χ4v) is 5.70. The molecule has 41 heavy (non-hydrogen) atoms. The fraction of sp³-hybridized carbons (Fsp3) is 0.0857. The predicted molar refractivity (Wildman–Crippen MR) is 153 cm³/mol. The molecule has 1 aliphatic rings. The van der Waals surface area contributed by atoms with E-state index in [9.17, 15) is 8.78 Å². The Morgan fingerprint density at radius 2 is 0.878 bits per heavy atom. The maximum absolute atomic E-state index is 14.6. The zero-order valence-corrected chi connectivity index (χ0v) is 21.9. The Morgan fingerprint density at radius 3 is 1.39 bits per heavy atom. The van der Waals surface area contributed by atoms with Crippen molar-refractivity contribution in [2.75, 3.05) is 0 Å². The second-order valence-corrected chi connectivity index (χ2v) is 10.1. The number of halogens is 2. The fourth-order valence-electron chi connectivity index (χ4n) is 5.70. The van der Waals surface area contributed by atoms with Crippen molar-refractivity contribution >= 4 is 0 Å². The Labute approximate surface area is 236 Å². The van der Waals surface area contributed by atoms with E-state index in [0.717, 1.165) is 51.0 Å². The van der Waals surface area contributed by atoms with Crippen LogP contribution in [0.4, 0.5) is 8.78 Å². The second kappa shape index (κ2) is 10.5. The summed E-state index contributed by atoms with van der Waals surface area (Å²) in [4.78, 5) is 20.2. The van der Waals surface area contributed by atoms with Crippen molar-refractivity contribution in [1.29, 1.82) is 0 Å². The van der Waals surface area contributed by atoms with Crippen molar-refractivity contribution in [3.8, 4) is 0 Å². The van der Waals surface area contributed by atoms with Crippen LogP contribution in [0.5, 0.6) is 0 Å². The number of aromatic nitrogens is 4. The molecule has 0 aliphatic carbocycles. The summed E-state index contributed by atoms with van der Waals surface area (Å²) < 4.78 is 28.6. The first kappa shape index (κ1) is 24.9. The molecule has 0 radical (unpaired) electrons. The molecule has 7 rings (SSSR count). The SMILES string of the molecule is Fc1ccc(C2c3cccc(n3)C(c3cccc(F)c3)c3cccc(n3)C(c3ccccn3)c3cccc2n3)cc1. The van der Waals surface area contributed by atoms with E-state index in [4.69, 9.17) is 19.9 Å². The van der Waals surface area contributed by atoms with E-state index in [2.05, 4.69) is 0 Å². The molecule has 2 aromatic carbocycles. The number of hydrogen-bond donors (Lipinski definition) is 0. The van der Waals surface area contributed by atoms with Gasteiger partial charge in [0.15, 0.2) is 0 Å². The van der Waals surface area contributed by atoms with Gasteiger partial charge in [0.05, 0.1) is 57.6 Å². The van der Waals surface area contributed by atoms with Crippen LogP contribution in [0, 0.1) is 11.6 Å². The minimum atomic E-state index is -0.422. The maximum Gasteiger partial charge on any atom is 0.123 e. The summed E-state index contributed by atoms with van der Waals surface area (Å²) in [6.07, 6.45) is 1.77. The van der Waals surface area contributed by atoms with Gasteiger partial charge in [0, 0.05) is 6.20 Å². The lowest BCUT2D eigenvalue weighted by Crippen LogP contribution is -2.17. The van der Waals surface area contributed by atoms with Gasteiger partial charge in [0.2, 0.25) is 0 Å². The molecule has 3 unspecified atom stereocenters. The minimum absolute atomic E-state index is 0.309. The topological polar surface area (TPSA) is 51.6 Å². The van der Waals surface area contributed by atoms with Crippen LogP contribution in [0.3, 0.4) is 0 Å². The average molecular weight is 539 g/mol. The van der Waals surface area contributed by atoms with Crippen LogP contribution in [0.15, 0.2) is 128 Å². The van der Waals surface area contributed by atoms with E-state index in [0.29, 0.717) is 0 Å². The van der Waals surface area contributed by atoms with Gasteiger partial charge in [-0.2, -0.15) is 0 Å². The van der Waals surface area contributed by atoms with Crippen molar-refractivity contribution in [2.24, 2.45) is 0 Å². The predicted octanol–water partition coefficient (Wildman–Crippen LogP) is 7.40. The number of fused-ring (bicyclic) bond motifs is 6. The molecule has 0 saturated carbocycles. The first-order valence-corrected chi connectivity index (χ1v) is 13.5. The monoisotopic (exact) mass is 538 g/mol. The second-order valence-electron chi connectivity index (χ2n) is 10.1. The molecule has 0 saturated heterocycles. The van der Waals surface area contributed by atoms with Crippen molar-refractivity contribution in [3.63, 3.8) is 0 Å². The van der Waals surface area contributed by atoms with Crippen LogP contribution in [0.2, 0.25) is 0 Å². The Bertz CT molecular complexity index is 1840. The summed E-state index contributed by atoms with van der Waals surface area (Å²) in [6, 6.07) is 36.6. The normalized spacial score (nSPS) is 17.8. The highest BCUT2D eigenvalue weighted by atomic mass is 19.1. The molecule has 4 aromatic heterocycles. The van der Waals surface area contributed by atoms with Gasteiger partial charge in [-0.25, -0.2) is 8.78 Å². The highest BCUT2D eigenvalue weighted by Crippen LogP contribution is 2.38. The number of rotatable bonds is 3. The molecule has 0 fully saturated rings. The van der Waals surface area contributed by atoms with Gasteiger partial charge >= 0.3 is 0 Å². The lowest BCUT2D eigenvalue weighted by molar-refractivity contribution is 0.623. The quantitative estimate of drug-likeness (QED) is 0.235. The van der Waals surface area contributed by atoms with Crippen LogP contribution in [0.1, 0.15) is 68.7 Å². The standard InChI is InChI=1S/C35H24F2N4/c36-24-18-16-22(17-19-24)33-27-10-4-12-29(39-27)34(23-7-3-8-25(37)21-23)30-13-6-15-32(41-30)35(26-9-1-2-20-38-26)31-14-5-11-28(33)40-31/h1-21,33-35H. The van der Waals surface area contributed by atoms with Crippen molar-refractivity contribution < 1.29 is 8.78 Å². The van der Waals surface area contributed by atoms with E-state index < -0.39 is 5.92 Å². The molecule has 4 nitrogen and oxygen atoms in total. The summed E-state index contributed by atoms with van der Waals surface area (Å²) in [7, 11) is 0. The largest absolute Gasteiger partial charge is 0.260 e. The molecular formula is C35H24F2N4. The maximum atomic E-state index is 14.6. The summed E-state index contributed by atoms with van der Waals surface area (Å²) in [5.41, 5.74) is 7.01. The van der Waals surface area contributed by atoms with Crippen molar-refractivity contribution in [1.82, 2.24) is 19.9 Å². The summed E-state index contributed by atoms with van der Waals surface area (Å²) >= 11 is 0. The van der Waals surface area contributed by atoms with Gasteiger partial charge in [-0.05, 0) is 83.9 Å². The molecule has 0 spiro atoms. The van der Waals surface area contributed by atoms with Crippen LogP contribution >= 0.6 is 0 Å². The Hall–Kier alpha value is -5.10. The Morgan fingerprint density at radius 1 is 0.390 bits per heavy atom. The highest BCUT2D eigenvalue weighted by Gasteiger charge is 2.29. The van der Waals surface area contributed by atoms with Crippen LogP contribution in [-0.4, -0.2) is 19.9 Å². The summed E-state index contributed by atoms with van der Waals surface area (Å²) in [6.45, 7) is 0. The van der Waals surface area contributed by atoms with Crippen LogP contribution < -0.4 is 0 Å². The molecule has 6 aromatic rings. The van der Waals surface area contributed by atoms with E-state index >= 15 is 0 Å². The number of nitrogens with zero attached hydrogens (tertiary/aromatic N) is 4. The first-order chi connectivity index (χ1) is 20.1. The highest BCUT2D eigenvalue weighted by molar-refractivity contribution is 5.45. The molecule has 3 atom stereocenters. The lowest BCUT2D eigenvalue weighted by Gasteiger charge is -2.25. The van der Waals surface area contributed by atoms with Gasteiger partial charge in [-0.15, -0.1) is 0 Å². The third-order valence-electron chi connectivity index (χ3n) is 7.52. The Kier molecular flexibility index (Phi) is 6.36. The summed E-state index contributed by atoms with van der Waals surface area (Å²) in [5, 5.41) is 0.